The fraction of sp³-hybridized carbons (Fsp3) is 0.588. The molecule has 1 fully saturated rings. The Labute approximate surface area is 141 Å². The highest BCUT2D eigenvalue weighted by molar-refractivity contribution is 6.30. The predicted molar refractivity (Wildman–Crippen MR) is 89.4 cm³/mol. The van der Waals surface area contributed by atoms with Crippen LogP contribution in [0.2, 0.25) is 5.02 Å². The zero-order chi connectivity index (χ0) is 16.8. The summed E-state index contributed by atoms with van der Waals surface area (Å²) in [5.41, 5.74) is 0.0275. The Morgan fingerprint density at radius 1 is 1.39 bits per heavy atom. The molecule has 0 aromatic heterocycles. The lowest BCUT2D eigenvalue weighted by Crippen LogP contribution is -2.49. The normalized spacial score (nSPS) is 17.3. The molecular weight excluding hydrogens is 319 g/mol. The first-order chi connectivity index (χ1) is 11.0. The second-order valence-electron chi connectivity index (χ2n) is 6.27. The van der Waals surface area contributed by atoms with Gasteiger partial charge in [0.25, 0.3) is 5.91 Å². The number of hydrogen-bond acceptors (Lipinski definition) is 3. The smallest absolute Gasteiger partial charge is 0.254 e. The van der Waals surface area contributed by atoms with Crippen molar-refractivity contribution in [2.75, 3.05) is 32.8 Å². The Hall–Kier alpha value is -1.17. The van der Waals surface area contributed by atoms with Crippen LogP contribution in [0.15, 0.2) is 18.2 Å². The average molecular weight is 343 g/mol. The first-order valence-corrected chi connectivity index (χ1v) is 8.40. The molecule has 1 saturated heterocycles. The van der Waals surface area contributed by atoms with Crippen LogP contribution < -0.4 is 5.32 Å². The summed E-state index contributed by atoms with van der Waals surface area (Å²) in [7, 11) is 0. The standard InChI is InChI=1S/C17H24ClFN2O2/c1-12(2)9-14(21-5-7-23-8-6-21)11-20-17(22)15-4-3-13(18)10-16(15)19/h3-4,10,12,14H,5-9,11H2,1-2H3,(H,20,22)/t14-/m0/s1. The summed E-state index contributed by atoms with van der Waals surface area (Å²) in [5.74, 6) is -0.477. The largest absolute Gasteiger partial charge is 0.379 e. The van der Waals surface area contributed by atoms with Crippen molar-refractivity contribution in [3.8, 4) is 0 Å². The number of rotatable bonds is 6. The first kappa shape index (κ1) is 18.2. The van der Waals surface area contributed by atoms with Gasteiger partial charge in [0, 0.05) is 30.7 Å². The van der Waals surface area contributed by atoms with Gasteiger partial charge < -0.3 is 10.1 Å². The van der Waals surface area contributed by atoms with Crippen molar-refractivity contribution in [2.45, 2.75) is 26.3 Å². The molecule has 1 atom stereocenters. The molecule has 0 unspecified atom stereocenters. The van der Waals surface area contributed by atoms with Crippen LogP contribution >= 0.6 is 11.6 Å². The molecule has 0 spiro atoms. The molecular formula is C17H24ClFN2O2. The first-order valence-electron chi connectivity index (χ1n) is 8.02. The topological polar surface area (TPSA) is 41.6 Å². The summed E-state index contributed by atoms with van der Waals surface area (Å²) in [6, 6.07) is 4.33. The molecule has 1 aromatic rings. The van der Waals surface area contributed by atoms with Gasteiger partial charge in [-0.25, -0.2) is 4.39 Å². The summed E-state index contributed by atoms with van der Waals surface area (Å²) in [5, 5.41) is 3.14. The van der Waals surface area contributed by atoms with Crippen molar-refractivity contribution in [3.05, 3.63) is 34.6 Å². The lowest BCUT2D eigenvalue weighted by Gasteiger charge is -2.35. The molecule has 0 aliphatic carbocycles. The second-order valence-corrected chi connectivity index (χ2v) is 6.70. The SMILES string of the molecule is CC(C)C[C@@H](CNC(=O)c1ccc(Cl)cc1F)N1CCOCC1. The number of halogens is 2. The molecule has 1 heterocycles. The molecule has 6 heteroatoms. The number of hydrogen-bond donors (Lipinski definition) is 1. The van der Waals surface area contributed by atoms with Crippen molar-refractivity contribution in [1.82, 2.24) is 10.2 Å². The van der Waals surface area contributed by atoms with Crippen molar-refractivity contribution >= 4 is 17.5 Å². The average Bonchev–Trinajstić information content (AvgIpc) is 2.51. The van der Waals surface area contributed by atoms with Gasteiger partial charge in [-0.1, -0.05) is 25.4 Å². The molecule has 0 bridgehead atoms. The van der Waals surface area contributed by atoms with E-state index in [1.54, 1.807) is 0 Å². The molecule has 1 aliphatic rings. The Morgan fingerprint density at radius 3 is 2.70 bits per heavy atom. The Kier molecular flexibility index (Phi) is 6.81. The van der Waals surface area contributed by atoms with Crippen molar-refractivity contribution in [2.24, 2.45) is 5.92 Å². The highest BCUT2D eigenvalue weighted by Gasteiger charge is 2.23. The highest BCUT2D eigenvalue weighted by atomic mass is 35.5. The zero-order valence-corrected chi connectivity index (χ0v) is 14.4. The predicted octanol–water partition coefficient (Wildman–Crippen LogP) is 2.96. The minimum Gasteiger partial charge on any atom is -0.379 e. The third kappa shape index (κ3) is 5.44. The van der Waals surface area contributed by atoms with Gasteiger partial charge in [-0.15, -0.1) is 0 Å². The lowest BCUT2D eigenvalue weighted by atomic mass is 10.0. The number of nitrogens with zero attached hydrogens (tertiary/aromatic N) is 1. The van der Waals surface area contributed by atoms with Crippen LogP contribution in [-0.4, -0.2) is 49.7 Å². The molecule has 0 saturated carbocycles. The van der Waals surface area contributed by atoms with E-state index in [0.717, 1.165) is 25.6 Å². The van der Waals surface area contributed by atoms with E-state index in [0.29, 0.717) is 25.7 Å². The van der Waals surface area contributed by atoms with Crippen LogP contribution in [0.5, 0.6) is 0 Å². The van der Waals surface area contributed by atoms with E-state index < -0.39 is 11.7 Å². The van der Waals surface area contributed by atoms with E-state index in [9.17, 15) is 9.18 Å². The third-order valence-corrected chi connectivity index (χ3v) is 4.21. The van der Waals surface area contributed by atoms with Gasteiger partial charge in [0.1, 0.15) is 5.82 Å². The summed E-state index contributed by atoms with van der Waals surface area (Å²) in [4.78, 5) is 14.5. The summed E-state index contributed by atoms with van der Waals surface area (Å²) in [6.45, 7) is 7.98. The van der Waals surface area contributed by atoms with E-state index in [2.05, 4.69) is 24.1 Å². The van der Waals surface area contributed by atoms with Crippen molar-refractivity contribution in [1.29, 1.82) is 0 Å². The number of carbonyl (C=O) groups is 1. The minimum absolute atomic E-state index is 0.0275. The van der Waals surface area contributed by atoms with E-state index >= 15 is 0 Å². The van der Waals surface area contributed by atoms with Crippen LogP contribution in [0.25, 0.3) is 0 Å². The Bertz CT molecular complexity index is 533. The summed E-state index contributed by atoms with van der Waals surface area (Å²) < 4.78 is 19.2. The number of amides is 1. The number of benzene rings is 1. The molecule has 4 nitrogen and oxygen atoms in total. The van der Waals surface area contributed by atoms with Gasteiger partial charge in [-0.2, -0.15) is 0 Å². The molecule has 0 radical (unpaired) electrons. The van der Waals surface area contributed by atoms with Gasteiger partial charge in [0.2, 0.25) is 0 Å². The number of nitrogens with one attached hydrogen (secondary N) is 1. The van der Waals surface area contributed by atoms with Gasteiger partial charge in [-0.05, 0) is 30.5 Å². The molecule has 1 aromatic carbocycles. The van der Waals surface area contributed by atoms with E-state index in [-0.39, 0.29) is 16.6 Å². The van der Waals surface area contributed by atoms with E-state index in [4.69, 9.17) is 16.3 Å². The van der Waals surface area contributed by atoms with E-state index in [1.165, 1.54) is 12.1 Å². The molecule has 1 aliphatic heterocycles. The second kappa shape index (κ2) is 8.62. The molecule has 2 rings (SSSR count). The van der Waals surface area contributed by atoms with Crippen molar-refractivity contribution < 1.29 is 13.9 Å². The lowest BCUT2D eigenvalue weighted by molar-refractivity contribution is 0.0124. The van der Waals surface area contributed by atoms with Crippen LogP contribution in [0.3, 0.4) is 0 Å². The maximum atomic E-state index is 13.8. The van der Waals surface area contributed by atoms with Gasteiger partial charge >= 0.3 is 0 Å². The van der Waals surface area contributed by atoms with Crippen LogP contribution in [-0.2, 0) is 4.74 Å². The summed E-state index contributed by atoms with van der Waals surface area (Å²) in [6.07, 6.45) is 0.976. The molecule has 1 amide bonds. The number of carbonyl (C=O) groups excluding carboxylic acids is 1. The molecule has 1 N–H and O–H groups in total. The fourth-order valence-electron chi connectivity index (χ4n) is 2.83. The maximum absolute atomic E-state index is 13.8. The minimum atomic E-state index is -0.596. The fourth-order valence-corrected chi connectivity index (χ4v) is 2.99. The van der Waals surface area contributed by atoms with Crippen LogP contribution in [0.1, 0.15) is 30.6 Å². The monoisotopic (exact) mass is 342 g/mol. The zero-order valence-electron chi connectivity index (χ0n) is 13.6. The Balaban J connectivity index is 1.97. The summed E-state index contributed by atoms with van der Waals surface area (Å²) >= 11 is 5.72. The molecule has 23 heavy (non-hydrogen) atoms. The molecule has 128 valence electrons. The van der Waals surface area contributed by atoms with Gasteiger partial charge in [0.05, 0.1) is 18.8 Å². The number of ether oxygens (including phenoxy) is 1. The van der Waals surface area contributed by atoms with Crippen LogP contribution in [0, 0.1) is 11.7 Å². The third-order valence-electron chi connectivity index (χ3n) is 3.98. The highest BCUT2D eigenvalue weighted by Crippen LogP contribution is 2.16. The maximum Gasteiger partial charge on any atom is 0.254 e. The Morgan fingerprint density at radius 2 is 2.09 bits per heavy atom. The van der Waals surface area contributed by atoms with Crippen molar-refractivity contribution in [3.63, 3.8) is 0 Å². The number of morpholine rings is 1. The van der Waals surface area contributed by atoms with Gasteiger partial charge in [0.15, 0.2) is 0 Å². The van der Waals surface area contributed by atoms with Gasteiger partial charge in [-0.3, -0.25) is 9.69 Å². The van der Waals surface area contributed by atoms with E-state index in [1.807, 2.05) is 0 Å². The quantitative estimate of drug-likeness (QED) is 0.864. The van der Waals surface area contributed by atoms with Crippen LogP contribution in [0.4, 0.5) is 4.39 Å².